The third-order valence-corrected chi connectivity index (χ3v) is 5.25. The van der Waals surface area contributed by atoms with Crippen molar-refractivity contribution in [1.82, 2.24) is 9.62 Å². The maximum absolute atomic E-state index is 12.7. The summed E-state index contributed by atoms with van der Waals surface area (Å²) in [5.41, 5.74) is 7.77. The Balaban J connectivity index is 2.93. The van der Waals surface area contributed by atoms with E-state index < -0.39 is 22.0 Å². The van der Waals surface area contributed by atoms with E-state index in [1.54, 1.807) is 26.0 Å². The zero-order chi connectivity index (χ0) is 18.5. The van der Waals surface area contributed by atoms with Crippen LogP contribution in [0, 0.1) is 20.8 Å². The second-order valence-electron chi connectivity index (χ2n) is 6.11. The molecule has 1 atom stereocenters. The van der Waals surface area contributed by atoms with Gasteiger partial charge in [-0.1, -0.05) is 17.7 Å². The number of benzene rings is 1. The highest BCUT2D eigenvalue weighted by Gasteiger charge is 2.28. The summed E-state index contributed by atoms with van der Waals surface area (Å²) in [5.74, 6) is -0.676. The Labute approximate surface area is 144 Å². The highest BCUT2D eigenvalue weighted by molar-refractivity contribution is 7.89. The fraction of sp³-hybridized carbons (Fsp3) is 0.562. The Hall–Kier alpha value is -1.48. The molecule has 0 radical (unpaired) electrons. The minimum absolute atomic E-state index is 0.173. The lowest BCUT2D eigenvalue weighted by Gasteiger charge is -2.19. The molecule has 0 saturated carbocycles. The third kappa shape index (κ3) is 5.55. The number of rotatable bonds is 8. The first-order valence-electron chi connectivity index (χ1n) is 7.70. The largest absolute Gasteiger partial charge is 0.463 e. The van der Waals surface area contributed by atoms with Crippen molar-refractivity contribution in [2.45, 2.75) is 31.7 Å². The van der Waals surface area contributed by atoms with Gasteiger partial charge in [0.2, 0.25) is 10.0 Å². The zero-order valence-electron chi connectivity index (χ0n) is 14.9. The smallest absolute Gasteiger partial charge is 0.325 e. The fourth-order valence-electron chi connectivity index (χ4n) is 2.46. The lowest BCUT2D eigenvalue weighted by atomic mass is 10.1. The summed E-state index contributed by atoms with van der Waals surface area (Å²) in [4.78, 5) is 14.1. The van der Waals surface area contributed by atoms with Crippen molar-refractivity contribution in [2.24, 2.45) is 5.73 Å². The number of sulfonamides is 1. The van der Waals surface area contributed by atoms with Crippen LogP contribution in [0.1, 0.15) is 16.7 Å². The first-order valence-corrected chi connectivity index (χ1v) is 9.18. The van der Waals surface area contributed by atoms with E-state index in [4.69, 9.17) is 10.5 Å². The first kappa shape index (κ1) is 20.6. The summed E-state index contributed by atoms with van der Waals surface area (Å²) in [5, 5.41) is 0. The van der Waals surface area contributed by atoms with E-state index in [-0.39, 0.29) is 18.0 Å². The number of aryl methyl sites for hydroxylation is 3. The molecule has 1 unspecified atom stereocenters. The minimum atomic E-state index is -3.88. The zero-order valence-corrected chi connectivity index (χ0v) is 15.7. The molecule has 136 valence electrons. The summed E-state index contributed by atoms with van der Waals surface area (Å²) >= 11 is 0. The topological polar surface area (TPSA) is 102 Å². The molecule has 0 aromatic heterocycles. The summed E-state index contributed by atoms with van der Waals surface area (Å²) in [7, 11) is -0.183. The molecule has 0 heterocycles. The number of likely N-dealkylation sites (N-methyl/N-ethyl adjacent to an activating group) is 1. The number of hydrogen-bond donors (Lipinski definition) is 2. The van der Waals surface area contributed by atoms with Gasteiger partial charge in [-0.25, -0.2) is 8.42 Å². The number of nitrogens with one attached hydrogen (secondary N) is 1. The van der Waals surface area contributed by atoms with Gasteiger partial charge in [-0.2, -0.15) is 4.72 Å². The molecule has 8 heteroatoms. The average molecular weight is 357 g/mol. The van der Waals surface area contributed by atoms with Gasteiger partial charge in [-0.15, -0.1) is 0 Å². The summed E-state index contributed by atoms with van der Waals surface area (Å²) < 4.78 is 32.8. The van der Waals surface area contributed by atoms with Crippen molar-refractivity contribution in [3.63, 3.8) is 0 Å². The van der Waals surface area contributed by atoms with Gasteiger partial charge in [0.1, 0.15) is 12.6 Å². The van der Waals surface area contributed by atoms with E-state index in [1.165, 1.54) is 0 Å². The van der Waals surface area contributed by atoms with E-state index in [9.17, 15) is 13.2 Å². The van der Waals surface area contributed by atoms with Crippen LogP contribution in [-0.4, -0.2) is 59.1 Å². The van der Waals surface area contributed by atoms with Crippen LogP contribution in [0.25, 0.3) is 0 Å². The van der Waals surface area contributed by atoms with E-state index in [0.717, 1.165) is 5.56 Å². The highest BCUT2D eigenvalue weighted by Crippen LogP contribution is 2.21. The Kier molecular flexibility index (Phi) is 7.34. The lowest BCUT2D eigenvalue weighted by Crippen LogP contribution is -2.47. The maximum Gasteiger partial charge on any atom is 0.325 e. The molecular formula is C16H27N3O4S. The van der Waals surface area contributed by atoms with Crippen molar-refractivity contribution in [3.05, 3.63) is 28.8 Å². The Morgan fingerprint density at radius 1 is 1.25 bits per heavy atom. The summed E-state index contributed by atoms with van der Waals surface area (Å²) in [6.07, 6.45) is 0. The van der Waals surface area contributed by atoms with Crippen molar-refractivity contribution in [3.8, 4) is 0 Å². The molecule has 1 rings (SSSR count). The number of esters is 1. The number of ether oxygens (including phenoxy) is 1. The van der Waals surface area contributed by atoms with Crippen LogP contribution in [0.3, 0.4) is 0 Å². The van der Waals surface area contributed by atoms with Crippen LogP contribution < -0.4 is 10.5 Å². The van der Waals surface area contributed by atoms with Gasteiger partial charge in [-0.05, 0) is 46.0 Å². The molecule has 24 heavy (non-hydrogen) atoms. The van der Waals surface area contributed by atoms with E-state index in [1.807, 2.05) is 25.9 Å². The molecule has 0 bridgehead atoms. The van der Waals surface area contributed by atoms with Crippen molar-refractivity contribution in [2.75, 3.05) is 33.8 Å². The van der Waals surface area contributed by atoms with Gasteiger partial charge in [0.05, 0.1) is 4.90 Å². The molecule has 0 spiro atoms. The SMILES string of the molecule is Cc1cc(C)c(S(=O)(=O)NC(CN)C(=O)OCCN(C)C)c(C)c1. The van der Waals surface area contributed by atoms with Crippen LogP contribution >= 0.6 is 0 Å². The molecule has 0 amide bonds. The second-order valence-corrected chi connectivity index (χ2v) is 7.76. The van der Waals surface area contributed by atoms with Crippen LogP contribution in [0.4, 0.5) is 0 Å². The van der Waals surface area contributed by atoms with Crippen LogP contribution in [0.2, 0.25) is 0 Å². The molecule has 0 aliphatic heterocycles. The Morgan fingerprint density at radius 2 is 1.79 bits per heavy atom. The molecule has 0 saturated heterocycles. The van der Waals surface area contributed by atoms with E-state index in [0.29, 0.717) is 17.7 Å². The average Bonchev–Trinajstić information content (AvgIpc) is 2.42. The Morgan fingerprint density at radius 3 is 2.25 bits per heavy atom. The normalized spacial score (nSPS) is 13.1. The van der Waals surface area contributed by atoms with Crippen molar-refractivity contribution >= 4 is 16.0 Å². The van der Waals surface area contributed by atoms with Gasteiger partial charge < -0.3 is 15.4 Å². The molecule has 0 aliphatic rings. The molecule has 0 aliphatic carbocycles. The van der Waals surface area contributed by atoms with Crippen LogP contribution in [0.5, 0.6) is 0 Å². The highest BCUT2D eigenvalue weighted by atomic mass is 32.2. The molecule has 3 N–H and O–H groups in total. The van der Waals surface area contributed by atoms with Gasteiger partial charge in [0, 0.05) is 13.1 Å². The first-order chi connectivity index (χ1) is 11.1. The number of nitrogens with two attached hydrogens (primary N) is 1. The minimum Gasteiger partial charge on any atom is -0.463 e. The summed E-state index contributed by atoms with van der Waals surface area (Å²) in [6.45, 7) is 5.89. The van der Waals surface area contributed by atoms with Crippen LogP contribution in [-0.2, 0) is 19.6 Å². The van der Waals surface area contributed by atoms with E-state index >= 15 is 0 Å². The third-order valence-electron chi connectivity index (χ3n) is 3.47. The van der Waals surface area contributed by atoms with Crippen molar-refractivity contribution < 1.29 is 17.9 Å². The molecule has 1 aromatic rings. The van der Waals surface area contributed by atoms with Crippen LogP contribution in [0.15, 0.2) is 17.0 Å². The standard InChI is InChI=1S/C16H27N3O4S/c1-11-8-12(2)15(13(3)9-11)24(21,22)18-14(10-17)16(20)23-7-6-19(4)5/h8-9,14,18H,6-7,10,17H2,1-5H3. The summed E-state index contributed by atoms with van der Waals surface area (Å²) in [6, 6.07) is 2.46. The van der Waals surface area contributed by atoms with Gasteiger partial charge in [0.25, 0.3) is 0 Å². The fourth-order valence-corrected chi connectivity index (χ4v) is 4.11. The lowest BCUT2D eigenvalue weighted by molar-refractivity contribution is -0.145. The number of carbonyl (C=O) groups excluding carboxylic acids is 1. The number of hydrogen-bond acceptors (Lipinski definition) is 6. The predicted molar refractivity (Wildman–Crippen MR) is 93.3 cm³/mol. The predicted octanol–water partition coefficient (Wildman–Crippen LogP) is 0.322. The molecule has 1 aromatic carbocycles. The molecule has 0 fully saturated rings. The quantitative estimate of drug-likeness (QED) is 0.650. The molecule has 7 nitrogen and oxygen atoms in total. The molecular weight excluding hydrogens is 330 g/mol. The monoisotopic (exact) mass is 357 g/mol. The maximum atomic E-state index is 12.7. The van der Waals surface area contributed by atoms with Gasteiger partial charge >= 0.3 is 5.97 Å². The van der Waals surface area contributed by atoms with E-state index in [2.05, 4.69) is 4.72 Å². The van der Waals surface area contributed by atoms with Crippen molar-refractivity contribution in [1.29, 1.82) is 0 Å². The Bertz CT molecular complexity index is 664. The second kappa shape index (κ2) is 8.57. The number of nitrogens with zero attached hydrogens (tertiary/aromatic N) is 1. The van der Waals surface area contributed by atoms with Gasteiger partial charge in [-0.3, -0.25) is 4.79 Å². The van der Waals surface area contributed by atoms with Gasteiger partial charge in [0.15, 0.2) is 0 Å². The number of carbonyl (C=O) groups is 1.